The van der Waals surface area contributed by atoms with Crippen LogP contribution in [0.15, 0.2) is 48.5 Å². The van der Waals surface area contributed by atoms with Gasteiger partial charge in [-0.3, -0.25) is 0 Å². The van der Waals surface area contributed by atoms with Gasteiger partial charge in [0.1, 0.15) is 11.6 Å². The lowest BCUT2D eigenvalue weighted by atomic mass is 9.98. The van der Waals surface area contributed by atoms with Crippen molar-refractivity contribution >= 4 is 10.8 Å². The molecule has 1 aliphatic heterocycles. The van der Waals surface area contributed by atoms with Crippen molar-refractivity contribution in [3.05, 3.63) is 82.4 Å². The van der Waals surface area contributed by atoms with E-state index in [0.29, 0.717) is 41.0 Å². The molecule has 0 bridgehead atoms. The highest BCUT2D eigenvalue weighted by Crippen LogP contribution is 2.33. The first-order valence-electron chi connectivity index (χ1n) is 13.1. The van der Waals surface area contributed by atoms with Crippen molar-refractivity contribution in [3.8, 4) is 0 Å². The Morgan fingerprint density at radius 3 is 2.30 bits per heavy atom. The fourth-order valence-electron chi connectivity index (χ4n) is 4.86. The third kappa shape index (κ3) is 7.08. The molecular weight excluding hydrogens is 487 g/mol. The first-order valence-corrected chi connectivity index (χ1v) is 13.1. The highest BCUT2D eigenvalue weighted by Gasteiger charge is 2.33. The van der Waals surface area contributed by atoms with Gasteiger partial charge < -0.3 is 9.47 Å². The van der Waals surface area contributed by atoms with E-state index in [4.69, 9.17) is 9.47 Å². The van der Waals surface area contributed by atoms with Crippen molar-refractivity contribution in [2.45, 2.75) is 70.8 Å². The van der Waals surface area contributed by atoms with Crippen LogP contribution in [0.1, 0.15) is 74.0 Å². The third-order valence-electron chi connectivity index (χ3n) is 7.03. The summed E-state index contributed by atoms with van der Waals surface area (Å²) in [4.78, 5) is 0. The standard InChI is InChI=1S/C30H33F5O2/c1-2-3-4-5-6-7-21-18-36-29(37-19-21)24-13-14-25-23(17-24)12-11-22(28(25)32)10-8-20-9-15-26(27(31)16-20)30(33,34)35/h9,11-17,21,29H,2-8,10,18-19H2,1H3. The van der Waals surface area contributed by atoms with Crippen molar-refractivity contribution < 1.29 is 31.4 Å². The molecule has 4 rings (SSSR count). The average molecular weight is 521 g/mol. The lowest BCUT2D eigenvalue weighted by Crippen LogP contribution is -2.27. The first-order chi connectivity index (χ1) is 17.8. The minimum absolute atomic E-state index is 0.221. The van der Waals surface area contributed by atoms with Gasteiger partial charge in [-0.05, 0) is 54.0 Å². The molecule has 0 spiro atoms. The predicted molar refractivity (Wildman–Crippen MR) is 134 cm³/mol. The molecule has 0 aromatic heterocycles. The molecule has 0 aliphatic carbocycles. The van der Waals surface area contributed by atoms with Crippen molar-refractivity contribution in [1.82, 2.24) is 0 Å². The number of fused-ring (bicyclic) bond motifs is 1. The molecule has 0 amide bonds. The summed E-state index contributed by atoms with van der Waals surface area (Å²) in [6, 6.07) is 11.7. The molecule has 0 atom stereocenters. The van der Waals surface area contributed by atoms with Crippen LogP contribution in [-0.4, -0.2) is 13.2 Å². The number of unbranched alkanes of at least 4 members (excludes halogenated alkanes) is 4. The van der Waals surface area contributed by atoms with Gasteiger partial charge in [0.2, 0.25) is 0 Å². The molecule has 200 valence electrons. The summed E-state index contributed by atoms with van der Waals surface area (Å²) in [5.41, 5.74) is 0.341. The number of rotatable bonds is 10. The van der Waals surface area contributed by atoms with E-state index in [1.807, 2.05) is 12.1 Å². The molecule has 1 aliphatic rings. The van der Waals surface area contributed by atoms with E-state index in [9.17, 15) is 17.6 Å². The molecule has 3 aromatic rings. The van der Waals surface area contributed by atoms with Crippen LogP contribution in [0.5, 0.6) is 0 Å². The molecule has 1 fully saturated rings. The molecular formula is C30H33F5O2. The van der Waals surface area contributed by atoms with E-state index < -0.39 is 23.8 Å². The lowest BCUT2D eigenvalue weighted by molar-refractivity contribution is -0.206. The van der Waals surface area contributed by atoms with E-state index in [0.717, 1.165) is 24.1 Å². The average Bonchev–Trinajstić information content (AvgIpc) is 2.87. The van der Waals surface area contributed by atoms with Crippen LogP contribution in [0.2, 0.25) is 0 Å². The van der Waals surface area contributed by atoms with Gasteiger partial charge >= 0.3 is 6.18 Å². The van der Waals surface area contributed by atoms with Crippen LogP contribution in [0.4, 0.5) is 22.0 Å². The zero-order valence-corrected chi connectivity index (χ0v) is 21.1. The van der Waals surface area contributed by atoms with E-state index in [2.05, 4.69) is 6.92 Å². The van der Waals surface area contributed by atoms with Gasteiger partial charge in [-0.25, -0.2) is 8.78 Å². The minimum atomic E-state index is -4.74. The Morgan fingerprint density at radius 1 is 0.838 bits per heavy atom. The minimum Gasteiger partial charge on any atom is -0.348 e. The molecule has 1 saturated heterocycles. The lowest BCUT2D eigenvalue weighted by Gasteiger charge is -2.30. The van der Waals surface area contributed by atoms with Crippen LogP contribution in [0.25, 0.3) is 10.8 Å². The van der Waals surface area contributed by atoms with Crippen molar-refractivity contribution in [1.29, 1.82) is 0 Å². The fourth-order valence-corrected chi connectivity index (χ4v) is 4.86. The van der Waals surface area contributed by atoms with Crippen LogP contribution < -0.4 is 0 Å². The Balaban J connectivity index is 1.35. The van der Waals surface area contributed by atoms with Gasteiger partial charge in [0.15, 0.2) is 6.29 Å². The normalized spacial score (nSPS) is 18.4. The summed E-state index contributed by atoms with van der Waals surface area (Å²) in [6.45, 7) is 3.50. The molecule has 3 aromatic carbocycles. The molecule has 2 nitrogen and oxygen atoms in total. The molecule has 0 radical (unpaired) electrons. The quantitative estimate of drug-likeness (QED) is 0.196. The Hall–Kier alpha value is -2.51. The first kappa shape index (κ1) is 27.5. The second kappa shape index (κ2) is 12.4. The van der Waals surface area contributed by atoms with Crippen LogP contribution in [0, 0.1) is 17.6 Å². The number of alkyl halides is 3. The van der Waals surface area contributed by atoms with E-state index >= 15 is 4.39 Å². The van der Waals surface area contributed by atoms with E-state index in [1.54, 1.807) is 18.2 Å². The van der Waals surface area contributed by atoms with Gasteiger partial charge in [0, 0.05) is 16.9 Å². The Kier molecular flexibility index (Phi) is 9.19. The molecule has 7 heteroatoms. The zero-order valence-electron chi connectivity index (χ0n) is 21.1. The maximum atomic E-state index is 15.2. The summed E-state index contributed by atoms with van der Waals surface area (Å²) in [6.07, 6.45) is 2.56. The Morgan fingerprint density at radius 2 is 1.59 bits per heavy atom. The van der Waals surface area contributed by atoms with Gasteiger partial charge in [-0.15, -0.1) is 0 Å². The second-order valence-corrected chi connectivity index (χ2v) is 9.90. The van der Waals surface area contributed by atoms with E-state index in [1.165, 1.54) is 38.2 Å². The van der Waals surface area contributed by atoms with Crippen LogP contribution >= 0.6 is 0 Å². The third-order valence-corrected chi connectivity index (χ3v) is 7.03. The SMILES string of the molecule is CCCCCCCC1COC(c2ccc3c(F)c(CCc4ccc(C(F)(F)F)c(F)c4)ccc3c2)OC1. The zero-order chi connectivity index (χ0) is 26.4. The number of halogens is 5. The summed E-state index contributed by atoms with van der Waals surface area (Å²) < 4.78 is 79.3. The molecule has 0 saturated carbocycles. The second-order valence-electron chi connectivity index (χ2n) is 9.90. The molecule has 1 heterocycles. The maximum absolute atomic E-state index is 15.2. The summed E-state index contributed by atoms with van der Waals surface area (Å²) in [7, 11) is 0. The number of hydrogen-bond donors (Lipinski definition) is 0. The van der Waals surface area contributed by atoms with E-state index in [-0.39, 0.29) is 18.7 Å². The molecule has 0 unspecified atom stereocenters. The highest BCUT2D eigenvalue weighted by atomic mass is 19.4. The number of aryl methyl sites for hydroxylation is 2. The van der Waals surface area contributed by atoms with Gasteiger partial charge in [-0.1, -0.05) is 69.4 Å². The van der Waals surface area contributed by atoms with Crippen LogP contribution in [-0.2, 0) is 28.5 Å². The number of benzene rings is 3. The van der Waals surface area contributed by atoms with Crippen molar-refractivity contribution in [3.63, 3.8) is 0 Å². The summed E-state index contributed by atoms with van der Waals surface area (Å²) >= 11 is 0. The number of hydrogen-bond acceptors (Lipinski definition) is 2. The monoisotopic (exact) mass is 520 g/mol. The van der Waals surface area contributed by atoms with Crippen LogP contribution in [0.3, 0.4) is 0 Å². The predicted octanol–water partition coefficient (Wildman–Crippen LogP) is 8.94. The maximum Gasteiger partial charge on any atom is 0.419 e. The smallest absolute Gasteiger partial charge is 0.348 e. The molecule has 0 N–H and O–H groups in total. The number of ether oxygens (including phenoxy) is 2. The summed E-state index contributed by atoms with van der Waals surface area (Å²) in [5.74, 6) is -1.30. The largest absolute Gasteiger partial charge is 0.419 e. The van der Waals surface area contributed by atoms with Gasteiger partial charge in [0.05, 0.1) is 18.8 Å². The molecule has 37 heavy (non-hydrogen) atoms. The summed E-state index contributed by atoms with van der Waals surface area (Å²) in [5, 5.41) is 1.16. The van der Waals surface area contributed by atoms with Gasteiger partial charge in [0.25, 0.3) is 0 Å². The highest BCUT2D eigenvalue weighted by molar-refractivity contribution is 5.84. The van der Waals surface area contributed by atoms with Gasteiger partial charge in [-0.2, -0.15) is 13.2 Å². The Bertz CT molecular complexity index is 1180. The Labute approximate surface area is 214 Å². The van der Waals surface area contributed by atoms with Crippen molar-refractivity contribution in [2.75, 3.05) is 13.2 Å². The topological polar surface area (TPSA) is 18.5 Å². The fraction of sp³-hybridized carbons (Fsp3) is 0.467. The van der Waals surface area contributed by atoms with Crippen molar-refractivity contribution in [2.24, 2.45) is 5.92 Å².